The van der Waals surface area contributed by atoms with Crippen LogP contribution in [-0.2, 0) is 11.3 Å². The molecule has 1 aliphatic carbocycles. The van der Waals surface area contributed by atoms with E-state index in [1.165, 1.54) is 37.7 Å². The quantitative estimate of drug-likeness (QED) is 0.691. The van der Waals surface area contributed by atoms with Crippen LogP contribution in [0.25, 0.3) is 11.5 Å². The molecule has 22 heavy (non-hydrogen) atoms. The van der Waals surface area contributed by atoms with E-state index in [0.29, 0.717) is 18.4 Å². The Balaban J connectivity index is 1.90. The summed E-state index contributed by atoms with van der Waals surface area (Å²) in [6, 6.07) is 8.44. The van der Waals surface area contributed by atoms with Gasteiger partial charge in [-0.2, -0.15) is 0 Å². The van der Waals surface area contributed by atoms with Gasteiger partial charge in [-0.25, -0.2) is 4.98 Å². The van der Waals surface area contributed by atoms with Crippen molar-refractivity contribution in [2.45, 2.75) is 51.6 Å². The number of nitrogens with zero attached hydrogens (tertiary/aromatic N) is 1. The summed E-state index contributed by atoms with van der Waals surface area (Å²) in [6.07, 6.45) is 6.21. The number of hydrogen-bond acceptors (Lipinski definition) is 3. The molecule has 1 aromatic carbocycles. The summed E-state index contributed by atoms with van der Waals surface area (Å²) in [4.78, 5) is 4.67. The predicted molar refractivity (Wildman–Crippen MR) is 88.0 cm³/mol. The Morgan fingerprint density at radius 2 is 1.91 bits per heavy atom. The summed E-state index contributed by atoms with van der Waals surface area (Å²) in [5.41, 5.74) is 3.15. The molecule has 0 spiro atoms. The van der Waals surface area contributed by atoms with E-state index in [2.05, 4.69) is 36.2 Å². The Morgan fingerprint density at radius 3 is 2.59 bits per heavy atom. The first-order valence-corrected chi connectivity index (χ1v) is 8.51. The second-order valence-electron chi connectivity index (χ2n) is 5.99. The number of rotatable bonds is 5. The van der Waals surface area contributed by atoms with Crippen LogP contribution in [0, 0.1) is 6.92 Å². The van der Waals surface area contributed by atoms with Crippen LogP contribution in [0.15, 0.2) is 28.7 Å². The summed E-state index contributed by atoms with van der Waals surface area (Å²) >= 11 is 5.65. The van der Waals surface area contributed by atoms with Crippen molar-refractivity contribution in [3.63, 3.8) is 0 Å². The van der Waals surface area contributed by atoms with Gasteiger partial charge in [-0.3, -0.25) is 0 Å². The molecule has 0 N–H and O–H groups in total. The number of oxazole rings is 1. The van der Waals surface area contributed by atoms with E-state index in [4.69, 9.17) is 20.8 Å². The third kappa shape index (κ3) is 3.53. The molecule has 1 aliphatic rings. The molecule has 1 aromatic heterocycles. The van der Waals surface area contributed by atoms with Crippen LogP contribution >= 0.6 is 11.6 Å². The predicted octanol–water partition coefficient (Wildman–Crippen LogP) is 5.41. The molecule has 0 atom stereocenters. The smallest absolute Gasteiger partial charge is 0.226 e. The molecule has 0 saturated heterocycles. The molecule has 1 heterocycles. The minimum absolute atomic E-state index is 0.177. The van der Waals surface area contributed by atoms with Gasteiger partial charge in [0.25, 0.3) is 0 Å². The minimum Gasteiger partial charge on any atom is -0.440 e. The van der Waals surface area contributed by atoms with Crippen LogP contribution in [0.3, 0.4) is 0 Å². The van der Waals surface area contributed by atoms with E-state index in [-0.39, 0.29) is 6.07 Å². The number of alkyl halides is 1. The monoisotopic (exact) mass is 319 g/mol. The highest BCUT2D eigenvalue weighted by atomic mass is 35.5. The average Bonchev–Trinajstić information content (AvgIpc) is 2.98. The molecule has 118 valence electrons. The molecule has 3 rings (SSSR count). The van der Waals surface area contributed by atoms with Gasteiger partial charge in [-0.1, -0.05) is 48.6 Å². The Bertz CT molecular complexity index is 600. The van der Waals surface area contributed by atoms with Crippen LogP contribution in [0.2, 0.25) is 0 Å². The summed E-state index contributed by atoms with van der Waals surface area (Å²) in [5, 5.41) is 0. The van der Waals surface area contributed by atoms with Gasteiger partial charge in [0.1, 0.15) is 17.5 Å². The highest BCUT2D eigenvalue weighted by Gasteiger charge is 2.24. The number of benzene rings is 1. The third-order valence-corrected chi connectivity index (χ3v) is 4.47. The fourth-order valence-corrected chi connectivity index (χ4v) is 3.18. The van der Waals surface area contributed by atoms with Crippen molar-refractivity contribution in [2.24, 2.45) is 0 Å². The second-order valence-corrected chi connectivity index (χ2v) is 6.21. The molecule has 1 saturated carbocycles. The summed E-state index contributed by atoms with van der Waals surface area (Å²) in [6.45, 7) is 2.50. The van der Waals surface area contributed by atoms with Gasteiger partial charge in [0.15, 0.2) is 0 Å². The molecule has 4 heteroatoms. The molecular weight excluding hydrogens is 298 g/mol. The lowest BCUT2D eigenvalue weighted by Crippen LogP contribution is -2.06. The van der Waals surface area contributed by atoms with E-state index in [1.807, 2.05) is 0 Å². The zero-order chi connectivity index (χ0) is 15.4. The van der Waals surface area contributed by atoms with E-state index in [9.17, 15) is 0 Å². The summed E-state index contributed by atoms with van der Waals surface area (Å²) in [7, 11) is 0. The Kier molecular flexibility index (Phi) is 5.16. The van der Waals surface area contributed by atoms with Gasteiger partial charge in [0, 0.05) is 11.5 Å². The first kappa shape index (κ1) is 15.6. The first-order valence-electron chi connectivity index (χ1n) is 7.98. The van der Waals surface area contributed by atoms with Crippen LogP contribution in [0.5, 0.6) is 0 Å². The number of ether oxygens (including phenoxy) is 1. The molecule has 3 nitrogen and oxygen atoms in total. The van der Waals surface area contributed by atoms with E-state index < -0.39 is 0 Å². The minimum atomic E-state index is 0.177. The molecule has 0 aliphatic heterocycles. The normalized spacial score (nSPS) is 16.1. The second kappa shape index (κ2) is 7.30. The molecule has 0 bridgehead atoms. The molecule has 0 amide bonds. The lowest BCUT2D eigenvalue weighted by molar-refractivity contribution is 0.160. The van der Waals surface area contributed by atoms with Gasteiger partial charge in [-0.05, 0) is 31.9 Å². The van der Waals surface area contributed by atoms with Crippen molar-refractivity contribution in [1.82, 2.24) is 4.98 Å². The zero-order valence-corrected chi connectivity index (χ0v) is 13.7. The summed E-state index contributed by atoms with van der Waals surface area (Å²) in [5.74, 6) is 2.16. The SMILES string of the molecule is Cc1ccc(-c2nc(COCCl)c(C3CCCCC3)o2)cc1. The fraction of sp³-hybridized carbons (Fsp3) is 0.500. The first-order chi connectivity index (χ1) is 10.8. The zero-order valence-electron chi connectivity index (χ0n) is 13.0. The van der Waals surface area contributed by atoms with E-state index in [1.54, 1.807) is 0 Å². The van der Waals surface area contributed by atoms with Crippen molar-refractivity contribution in [2.75, 3.05) is 6.07 Å². The van der Waals surface area contributed by atoms with Crippen molar-refractivity contribution in [3.05, 3.63) is 41.3 Å². The topological polar surface area (TPSA) is 35.3 Å². The maximum absolute atomic E-state index is 6.14. The number of hydrogen-bond donors (Lipinski definition) is 0. The van der Waals surface area contributed by atoms with Gasteiger partial charge in [0.05, 0.1) is 6.61 Å². The van der Waals surface area contributed by atoms with Gasteiger partial charge in [-0.15, -0.1) is 0 Å². The largest absolute Gasteiger partial charge is 0.440 e. The standard InChI is InChI=1S/C18H22ClNO2/c1-13-7-9-15(10-8-13)18-20-16(11-21-12-19)17(22-18)14-5-3-2-4-6-14/h7-10,14H,2-6,11-12H2,1H3. The van der Waals surface area contributed by atoms with Crippen LogP contribution in [-0.4, -0.2) is 11.1 Å². The molecule has 1 fully saturated rings. The highest BCUT2D eigenvalue weighted by Crippen LogP contribution is 2.37. The molecular formula is C18H22ClNO2. The Morgan fingerprint density at radius 1 is 1.18 bits per heavy atom. The van der Waals surface area contributed by atoms with Crippen molar-refractivity contribution < 1.29 is 9.15 Å². The van der Waals surface area contributed by atoms with E-state index >= 15 is 0 Å². The Labute approximate surface area is 136 Å². The van der Waals surface area contributed by atoms with Crippen molar-refractivity contribution in [1.29, 1.82) is 0 Å². The summed E-state index contributed by atoms with van der Waals surface area (Å²) < 4.78 is 11.5. The highest BCUT2D eigenvalue weighted by molar-refractivity contribution is 6.17. The molecule has 0 unspecified atom stereocenters. The molecule has 0 radical (unpaired) electrons. The third-order valence-electron chi connectivity index (χ3n) is 4.32. The van der Waals surface area contributed by atoms with Crippen molar-refractivity contribution in [3.8, 4) is 11.5 Å². The maximum atomic E-state index is 6.14. The number of aryl methyl sites for hydroxylation is 1. The molecule has 2 aromatic rings. The van der Waals surface area contributed by atoms with Crippen molar-refractivity contribution >= 4 is 11.6 Å². The average molecular weight is 320 g/mol. The van der Waals surface area contributed by atoms with E-state index in [0.717, 1.165) is 17.0 Å². The lowest BCUT2D eigenvalue weighted by Gasteiger charge is -2.20. The maximum Gasteiger partial charge on any atom is 0.226 e. The Hall–Kier alpha value is -1.32. The van der Waals surface area contributed by atoms with Crippen LogP contribution in [0.4, 0.5) is 0 Å². The number of aromatic nitrogens is 1. The number of halogens is 1. The fourth-order valence-electron chi connectivity index (χ4n) is 3.11. The van der Waals surface area contributed by atoms with Crippen LogP contribution < -0.4 is 0 Å². The van der Waals surface area contributed by atoms with Crippen LogP contribution in [0.1, 0.15) is 55.0 Å². The van der Waals surface area contributed by atoms with Gasteiger partial charge in [0.2, 0.25) is 5.89 Å². The van der Waals surface area contributed by atoms with Gasteiger partial charge >= 0.3 is 0 Å². The lowest BCUT2D eigenvalue weighted by atomic mass is 9.87. The van der Waals surface area contributed by atoms with Gasteiger partial charge < -0.3 is 9.15 Å².